The second-order valence-electron chi connectivity index (χ2n) is 7.94. The van der Waals surface area contributed by atoms with E-state index in [4.69, 9.17) is 0 Å². The van der Waals surface area contributed by atoms with E-state index < -0.39 is 0 Å². The Balaban J connectivity index is 4.49. The first-order valence-corrected chi connectivity index (χ1v) is 11.1. The first-order valence-electron chi connectivity index (χ1n) is 11.1. The molecule has 0 spiro atoms. The molecular formula is C22H49N3. The molecule has 3 nitrogen and oxygen atoms in total. The molecule has 0 saturated carbocycles. The lowest BCUT2D eigenvalue weighted by molar-refractivity contribution is 0.119. The third kappa shape index (κ3) is 8.88. The van der Waals surface area contributed by atoms with Crippen molar-refractivity contribution in [3.63, 3.8) is 0 Å². The largest absolute Gasteiger partial charge is 0.301 e. The Hall–Kier alpha value is -0.120. The summed E-state index contributed by atoms with van der Waals surface area (Å²) in [7, 11) is 0. The molecule has 0 aromatic rings. The highest BCUT2D eigenvalue weighted by atomic mass is 15.2. The molecule has 3 heteroatoms. The monoisotopic (exact) mass is 355 g/mol. The lowest BCUT2D eigenvalue weighted by atomic mass is 9.99. The van der Waals surface area contributed by atoms with Gasteiger partial charge in [0, 0.05) is 38.3 Å². The minimum Gasteiger partial charge on any atom is -0.301 e. The van der Waals surface area contributed by atoms with Gasteiger partial charge in [-0.05, 0) is 45.3 Å². The van der Waals surface area contributed by atoms with Crippen LogP contribution in [0.5, 0.6) is 0 Å². The van der Waals surface area contributed by atoms with Crippen molar-refractivity contribution in [3.05, 3.63) is 0 Å². The quantitative estimate of drug-likeness (QED) is 0.417. The van der Waals surface area contributed by atoms with Crippen LogP contribution in [0.4, 0.5) is 0 Å². The fraction of sp³-hybridized carbons (Fsp3) is 1.00. The van der Waals surface area contributed by atoms with Gasteiger partial charge in [-0.3, -0.25) is 9.80 Å². The maximum absolute atomic E-state index is 2.66. The predicted octanol–water partition coefficient (Wildman–Crippen LogP) is 4.82. The summed E-state index contributed by atoms with van der Waals surface area (Å²) in [4.78, 5) is 7.96. The van der Waals surface area contributed by atoms with E-state index in [0.717, 1.165) is 31.5 Å². The molecule has 0 aromatic carbocycles. The smallest absolute Gasteiger partial charge is 0.0112 e. The van der Waals surface area contributed by atoms with Crippen molar-refractivity contribution in [1.82, 2.24) is 14.7 Å². The highest BCUT2D eigenvalue weighted by Crippen LogP contribution is 2.15. The average molecular weight is 356 g/mol. The molecule has 0 aliphatic carbocycles. The SMILES string of the molecule is CC[C@H](C)[C@@H](C)N(CC)CCN(CC)CCN(CC)[C@H](C)[C@@H](C)CC. The summed E-state index contributed by atoms with van der Waals surface area (Å²) in [6.45, 7) is 29.4. The molecule has 0 unspecified atom stereocenters. The van der Waals surface area contributed by atoms with Crippen molar-refractivity contribution >= 4 is 0 Å². The van der Waals surface area contributed by atoms with Crippen LogP contribution in [0.3, 0.4) is 0 Å². The van der Waals surface area contributed by atoms with Gasteiger partial charge in [-0.15, -0.1) is 0 Å². The van der Waals surface area contributed by atoms with E-state index in [-0.39, 0.29) is 0 Å². The molecule has 152 valence electrons. The van der Waals surface area contributed by atoms with Gasteiger partial charge in [0.2, 0.25) is 0 Å². The van der Waals surface area contributed by atoms with Crippen molar-refractivity contribution in [1.29, 1.82) is 0 Å². The van der Waals surface area contributed by atoms with Gasteiger partial charge in [0.25, 0.3) is 0 Å². The number of hydrogen-bond donors (Lipinski definition) is 0. The molecule has 0 bridgehead atoms. The van der Waals surface area contributed by atoms with Crippen molar-refractivity contribution in [2.75, 3.05) is 45.8 Å². The van der Waals surface area contributed by atoms with Crippen LogP contribution in [0, 0.1) is 11.8 Å². The minimum absolute atomic E-state index is 0.686. The fourth-order valence-electron chi connectivity index (χ4n) is 3.67. The zero-order chi connectivity index (χ0) is 19.4. The van der Waals surface area contributed by atoms with Crippen LogP contribution in [0.1, 0.15) is 75.2 Å². The summed E-state index contributed by atoms with van der Waals surface area (Å²) in [6, 6.07) is 1.37. The van der Waals surface area contributed by atoms with Gasteiger partial charge in [-0.2, -0.15) is 0 Å². The topological polar surface area (TPSA) is 9.72 Å². The molecule has 0 fully saturated rings. The lowest BCUT2D eigenvalue weighted by Gasteiger charge is -2.36. The van der Waals surface area contributed by atoms with Gasteiger partial charge in [-0.1, -0.05) is 61.3 Å². The Bertz CT molecular complexity index is 280. The second-order valence-corrected chi connectivity index (χ2v) is 7.94. The summed E-state index contributed by atoms with van der Waals surface area (Å²) in [6.07, 6.45) is 2.54. The maximum atomic E-state index is 2.66. The van der Waals surface area contributed by atoms with Crippen LogP contribution < -0.4 is 0 Å². The van der Waals surface area contributed by atoms with Crippen molar-refractivity contribution in [2.45, 2.75) is 87.2 Å². The third-order valence-electron chi connectivity index (χ3n) is 6.75. The lowest BCUT2D eigenvalue weighted by Crippen LogP contribution is -2.45. The molecule has 0 aromatic heterocycles. The Labute approximate surface area is 160 Å². The maximum Gasteiger partial charge on any atom is 0.0112 e. The Morgan fingerprint density at radius 3 is 1.12 bits per heavy atom. The molecule has 0 aliphatic heterocycles. The highest BCUT2D eigenvalue weighted by molar-refractivity contribution is 4.75. The Morgan fingerprint density at radius 1 is 0.520 bits per heavy atom. The Morgan fingerprint density at radius 2 is 0.880 bits per heavy atom. The highest BCUT2D eigenvalue weighted by Gasteiger charge is 2.20. The molecule has 0 amide bonds. The van der Waals surface area contributed by atoms with E-state index in [1.54, 1.807) is 0 Å². The van der Waals surface area contributed by atoms with Gasteiger partial charge >= 0.3 is 0 Å². The first kappa shape index (κ1) is 24.9. The molecule has 0 saturated heterocycles. The molecule has 0 rings (SSSR count). The first-order chi connectivity index (χ1) is 11.9. The Kier molecular flexibility index (Phi) is 13.9. The van der Waals surface area contributed by atoms with Crippen molar-refractivity contribution in [2.24, 2.45) is 11.8 Å². The summed E-state index contributed by atoms with van der Waals surface area (Å²) in [5.41, 5.74) is 0. The standard InChI is InChI=1S/C22H49N3/c1-10-19(6)21(8)24(13-4)17-15-23(12-3)16-18-25(14-5)22(9)20(7)11-2/h19-22H,10-18H2,1-9H3/t19-,20-,21+,22+/m0/s1. The molecular weight excluding hydrogens is 306 g/mol. The van der Waals surface area contributed by atoms with E-state index in [0.29, 0.717) is 12.1 Å². The van der Waals surface area contributed by atoms with E-state index in [1.165, 1.54) is 39.0 Å². The number of nitrogens with zero attached hydrogens (tertiary/aromatic N) is 3. The van der Waals surface area contributed by atoms with Crippen molar-refractivity contribution in [3.8, 4) is 0 Å². The average Bonchev–Trinajstić information content (AvgIpc) is 2.64. The van der Waals surface area contributed by atoms with Crippen LogP contribution in [-0.4, -0.2) is 72.6 Å². The van der Waals surface area contributed by atoms with E-state index in [9.17, 15) is 0 Å². The van der Waals surface area contributed by atoms with Gasteiger partial charge in [-0.25, -0.2) is 0 Å². The van der Waals surface area contributed by atoms with E-state index >= 15 is 0 Å². The van der Waals surface area contributed by atoms with Crippen LogP contribution in [-0.2, 0) is 0 Å². The number of hydrogen-bond acceptors (Lipinski definition) is 3. The normalized spacial score (nSPS) is 17.3. The summed E-state index contributed by atoms with van der Waals surface area (Å²) >= 11 is 0. The summed E-state index contributed by atoms with van der Waals surface area (Å²) in [5.74, 6) is 1.56. The van der Waals surface area contributed by atoms with Crippen molar-refractivity contribution < 1.29 is 0 Å². The third-order valence-corrected chi connectivity index (χ3v) is 6.75. The van der Waals surface area contributed by atoms with Gasteiger partial charge < -0.3 is 4.90 Å². The number of likely N-dealkylation sites (N-methyl/N-ethyl adjacent to an activating group) is 3. The van der Waals surface area contributed by atoms with Crippen LogP contribution in [0.15, 0.2) is 0 Å². The molecule has 0 aliphatic rings. The predicted molar refractivity (Wildman–Crippen MR) is 114 cm³/mol. The molecule has 0 radical (unpaired) electrons. The molecule has 4 atom stereocenters. The van der Waals surface area contributed by atoms with Gasteiger partial charge in [0.1, 0.15) is 0 Å². The molecule has 0 heterocycles. The molecule has 0 N–H and O–H groups in total. The molecule has 25 heavy (non-hydrogen) atoms. The summed E-state index contributed by atoms with van der Waals surface area (Å²) < 4.78 is 0. The number of rotatable bonds is 15. The zero-order valence-electron chi connectivity index (χ0n) is 19.0. The van der Waals surface area contributed by atoms with E-state index in [1.807, 2.05) is 0 Å². The van der Waals surface area contributed by atoms with Gasteiger partial charge in [0.15, 0.2) is 0 Å². The van der Waals surface area contributed by atoms with Crippen LogP contribution >= 0.6 is 0 Å². The fourth-order valence-corrected chi connectivity index (χ4v) is 3.67. The van der Waals surface area contributed by atoms with Crippen LogP contribution in [0.2, 0.25) is 0 Å². The zero-order valence-corrected chi connectivity index (χ0v) is 19.0. The van der Waals surface area contributed by atoms with Crippen LogP contribution in [0.25, 0.3) is 0 Å². The van der Waals surface area contributed by atoms with E-state index in [2.05, 4.69) is 77.0 Å². The summed E-state index contributed by atoms with van der Waals surface area (Å²) in [5, 5.41) is 0. The second kappa shape index (κ2) is 14.0. The minimum atomic E-state index is 0.686. The van der Waals surface area contributed by atoms with Gasteiger partial charge in [0.05, 0.1) is 0 Å².